The molecule has 0 amide bonds. The van der Waals surface area contributed by atoms with Crippen molar-refractivity contribution >= 4 is 22.9 Å². The Bertz CT molecular complexity index is 331. The quantitative estimate of drug-likeness (QED) is 0.861. The normalized spacial score (nSPS) is 21.8. The molecule has 4 heteroatoms. The summed E-state index contributed by atoms with van der Waals surface area (Å²) in [6.45, 7) is 0. The third-order valence-corrected chi connectivity index (χ3v) is 4.37. The van der Waals surface area contributed by atoms with Gasteiger partial charge in [0.2, 0.25) is 0 Å². The molecule has 0 radical (unpaired) electrons. The van der Waals surface area contributed by atoms with Gasteiger partial charge in [-0.25, -0.2) is 0 Å². The van der Waals surface area contributed by atoms with Gasteiger partial charge in [0.1, 0.15) is 0 Å². The van der Waals surface area contributed by atoms with E-state index in [1.807, 2.05) is 12.1 Å². The topological polar surface area (TPSA) is 40.5 Å². The lowest BCUT2D eigenvalue weighted by Crippen LogP contribution is -2.40. The molecule has 2 rings (SSSR count). The molecule has 1 aliphatic carbocycles. The van der Waals surface area contributed by atoms with Crippen LogP contribution in [0.1, 0.15) is 30.6 Å². The number of rotatable bonds is 3. The summed E-state index contributed by atoms with van der Waals surface area (Å²) in [5.74, 6) is 0. The van der Waals surface area contributed by atoms with E-state index < -0.39 is 11.7 Å². The average Bonchev–Trinajstić information content (AvgIpc) is 2.76. The molecule has 1 aromatic heterocycles. The van der Waals surface area contributed by atoms with Gasteiger partial charge in [-0.15, -0.1) is 11.3 Å². The summed E-state index contributed by atoms with van der Waals surface area (Å²) < 4.78 is 0.732. The van der Waals surface area contributed by atoms with Crippen LogP contribution in [0.4, 0.5) is 0 Å². The molecule has 0 aliphatic heterocycles. The number of halogens is 1. The molecule has 2 nitrogen and oxygen atoms in total. The molecule has 1 aliphatic rings. The van der Waals surface area contributed by atoms with E-state index in [1.54, 1.807) is 0 Å². The van der Waals surface area contributed by atoms with Crippen LogP contribution in [0, 0.1) is 0 Å². The first-order valence-corrected chi connectivity index (χ1v) is 6.44. The minimum atomic E-state index is -0.865. The Labute approximate surface area is 98.5 Å². The Balaban J connectivity index is 1.99. The van der Waals surface area contributed by atoms with Gasteiger partial charge < -0.3 is 10.2 Å². The van der Waals surface area contributed by atoms with Crippen molar-refractivity contribution in [3.8, 4) is 0 Å². The lowest BCUT2D eigenvalue weighted by Gasteiger charge is -2.28. The zero-order valence-electron chi connectivity index (χ0n) is 8.45. The molecule has 2 N–H and O–H groups in total. The Morgan fingerprint density at radius 1 is 1.40 bits per heavy atom. The highest BCUT2D eigenvalue weighted by atomic mass is 35.5. The van der Waals surface area contributed by atoms with Gasteiger partial charge in [0.05, 0.1) is 16.0 Å². The summed E-state index contributed by atoms with van der Waals surface area (Å²) in [7, 11) is 0. The Morgan fingerprint density at radius 3 is 2.60 bits per heavy atom. The maximum absolute atomic E-state index is 10.1. The van der Waals surface area contributed by atoms with E-state index in [4.69, 9.17) is 11.6 Å². The summed E-state index contributed by atoms with van der Waals surface area (Å²) in [5.41, 5.74) is -0.865. The van der Waals surface area contributed by atoms with Crippen LogP contribution >= 0.6 is 22.9 Å². The molecule has 0 aromatic carbocycles. The zero-order chi connectivity index (χ0) is 10.9. The molecule has 15 heavy (non-hydrogen) atoms. The molecule has 0 saturated heterocycles. The molecular weight excluding hydrogens is 232 g/mol. The van der Waals surface area contributed by atoms with Crippen LogP contribution in [-0.2, 0) is 6.42 Å². The van der Waals surface area contributed by atoms with E-state index in [1.165, 1.54) is 11.3 Å². The number of hydrogen-bond donors (Lipinski definition) is 2. The van der Waals surface area contributed by atoms with Crippen molar-refractivity contribution in [2.24, 2.45) is 0 Å². The van der Waals surface area contributed by atoms with Crippen molar-refractivity contribution in [1.29, 1.82) is 0 Å². The maximum Gasteiger partial charge on any atom is 0.0931 e. The van der Waals surface area contributed by atoms with Crippen LogP contribution in [0.25, 0.3) is 0 Å². The second-order valence-corrected chi connectivity index (χ2v) is 6.04. The number of aliphatic hydroxyl groups is 2. The van der Waals surface area contributed by atoms with Gasteiger partial charge in [0.25, 0.3) is 0 Å². The van der Waals surface area contributed by atoms with Gasteiger partial charge in [-0.3, -0.25) is 0 Å². The molecule has 1 saturated carbocycles. The van der Waals surface area contributed by atoms with E-state index in [2.05, 4.69) is 0 Å². The molecule has 0 spiro atoms. The Morgan fingerprint density at radius 2 is 2.07 bits per heavy atom. The molecule has 84 valence electrons. The first-order chi connectivity index (χ1) is 7.10. The SMILES string of the molecule is OC(Cc1ccc(Cl)s1)C1(O)CCCC1. The summed E-state index contributed by atoms with van der Waals surface area (Å²) in [4.78, 5) is 1.04. The van der Waals surface area contributed by atoms with Crippen LogP contribution in [0.2, 0.25) is 4.34 Å². The Kier molecular flexibility index (Phi) is 3.36. The first kappa shape index (κ1) is 11.4. The minimum absolute atomic E-state index is 0.508. The summed E-state index contributed by atoms with van der Waals surface area (Å²) in [6, 6.07) is 3.74. The third kappa shape index (κ3) is 2.53. The van der Waals surface area contributed by atoms with Crippen molar-refractivity contribution < 1.29 is 10.2 Å². The number of aliphatic hydroxyl groups excluding tert-OH is 1. The molecule has 1 fully saturated rings. The molecule has 0 bridgehead atoms. The van der Waals surface area contributed by atoms with E-state index in [9.17, 15) is 10.2 Å². The zero-order valence-corrected chi connectivity index (χ0v) is 10.0. The fourth-order valence-electron chi connectivity index (χ4n) is 2.16. The van der Waals surface area contributed by atoms with Crippen molar-refractivity contribution in [3.63, 3.8) is 0 Å². The molecule has 1 heterocycles. The monoisotopic (exact) mass is 246 g/mol. The molecule has 1 unspecified atom stereocenters. The van der Waals surface area contributed by atoms with Gasteiger partial charge in [-0.1, -0.05) is 24.4 Å². The highest BCUT2D eigenvalue weighted by Gasteiger charge is 2.38. The fourth-order valence-corrected chi connectivity index (χ4v) is 3.29. The van der Waals surface area contributed by atoms with E-state index >= 15 is 0 Å². The van der Waals surface area contributed by atoms with Crippen LogP contribution < -0.4 is 0 Å². The smallest absolute Gasteiger partial charge is 0.0931 e. The van der Waals surface area contributed by atoms with Crippen LogP contribution in [-0.4, -0.2) is 21.9 Å². The van der Waals surface area contributed by atoms with E-state index in [0.29, 0.717) is 19.3 Å². The van der Waals surface area contributed by atoms with Crippen molar-refractivity contribution in [2.45, 2.75) is 43.8 Å². The highest BCUT2D eigenvalue weighted by Crippen LogP contribution is 2.34. The standard InChI is InChI=1S/C11H15ClO2S/c12-10-4-3-8(15-10)7-9(13)11(14)5-1-2-6-11/h3-4,9,13-14H,1-2,5-7H2. The predicted octanol–water partition coefficient (Wildman–Crippen LogP) is 2.61. The largest absolute Gasteiger partial charge is 0.390 e. The van der Waals surface area contributed by atoms with Gasteiger partial charge in [-0.2, -0.15) is 0 Å². The Hall–Kier alpha value is -0.0900. The maximum atomic E-state index is 10.1. The lowest BCUT2D eigenvalue weighted by atomic mass is 9.92. The number of thiophene rings is 1. The second kappa shape index (κ2) is 4.42. The molecule has 1 aromatic rings. The van der Waals surface area contributed by atoms with Crippen molar-refractivity contribution in [2.75, 3.05) is 0 Å². The molecule has 1 atom stereocenters. The fraction of sp³-hybridized carbons (Fsp3) is 0.636. The van der Waals surface area contributed by atoms with E-state index in [0.717, 1.165) is 22.1 Å². The van der Waals surface area contributed by atoms with Gasteiger partial charge in [0.15, 0.2) is 0 Å². The predicted molar refractivity (Wildman–Crippen MR) is 62.5 cm³/mol. The minimum Gasteiger partial charge on any atom is -0.390 e. The van der Waals surface area contributed by atoms with Gasteiger partial charge in [-0.05, 0) is 25.0 Å². The highest BCUT2D eigenvalue weighted by molar-refractivity contribution is 7.16. The van der Waals surface area contributed by atoms with Crippen LogP contribution in [0.3, 0.4) is 0 Å². The summed E-state index contributed by atoms with van der Waals surface area (Å²) in [6.07, 6.45) is 3.31. The molecular formula is C11H15ClO2S. The average molecular weight is 247 g/mol. The van der Waals surface area contributed by atoms with Crippen LogP contribution in [0.15, 0.2) is 12.1 Å². The van der Waals surface area contributed by atoms with Crippen LogP contribution in [0.5, 0.6) is 0 Å². The first-order valence-electron chi connectivity index (χ1n) is 5.25. The van der Waals surface area contributed by atoms with Crippen molar-refractivity contribution in [1.82, 2.24) is 0 Å². The summed E-state index contributed by atoms with van der Waals surface area (Å²) in [5, 5.41) is 20.1. The van der Waals surface area contributed by atoms with Gasteiger partial charge >= 0.3 is 0 Å². The van der Waals surface area contributed by atoms with Gasteiger partial charge in [0, 0.05) is 11.3 Å². The van der Waals surface area contributed by atoms with E-state index in [-0.39, 0.29) is 0 Å². The summed E-state index contributed by atoms with van der Waals surface area (Å²) >= 11 is 7.28. The lowest BCUT2D eigenvalue weighted by molar-refractivity contribution is -0.0686. The second-order valence-electron chi connectivity index (χ2n) is 4.24. The number of hydrogen-bond acceptors (Lipinski definition) is 3. The van der Waals surface area contributed by atoms with Crippen molar-refractivity contribution in [3.05, 3.63) is 21.3 Å². The third-order valence-electron chi connectivity index (χ3n) is 3.11.